The van der Waals surface area contributed by atoms with Gasteiger partial charge in [-0.15, -0.1) is 11.3 Å². The van der Waals surface area contributed by atoms with Crippen LogP contribution in [0.15, 0.2) is 24.3 Å². The highest BCUT2D eigenvalue weighted by molar-refractivity contribution is 7.19. The lowest BCUT2D eigenvalue weighted by atomic mass is 10.1. The van der Waals surface area contributed by atoms with Crippen LogP contribution in [0.25, 0.3) is 10.1 Å². The van der Waals surface area contributed by atoms with E-state index in [1.165, 1.54) is 59.1 Å². The molecular formula is C18H25NOS. The Bertz CT molecular complexity index is 570. The van der Waals surface area contributed by atoms with Gasteiger partial charge in [0.1, 0.15) is 0 Å². The van der Waals surface area contributed by atoms with Gasteiger partial charge in [-0.1, -0.05) is 43.9 Å². The monoisotopic (exact) mass is 303 g/mol. The Labute approximate surface area is 131 Å². The molecule has 0 saturated heterocycles. The molecule has 3 heteroatoms. The van der Waals surface area contributed by atoms with Crippen LogP contribution in [0, 0.1) is 0 Å². The van der Waals surface area contributed by atoms with Crippen LogP contribution in [-0.2, 0) is 17.9 Å². The maximum absolute atomic E-state index is 6.28. The molecule has 3 rings (SSSR count). The Balaban J connectivity index is 1.76. The molecule has 1 aromatic carbocycles. The zero-order chi connectivity index (χ0) is 14.5. The summed E-state index contributed by atoms with van der Waals surface area (Å²) in [6.45, 7) is 1.70. The summed E-state index contributed by atoms with van der Waals surface area (Å²) in [5.74, 6) is 0. The van der Waals surface area contributed by atoms with Gasteiger partial charge in [0.25, 0.3) is 0 Å². The van der Waals surface area contributed by atoms with Gasteiger partial charge >= 0.3 is 0 Å². The number of hydrogen-bond donors (Lipinski definition) is 1. The van der Waals surface area contributed by atoms with Gasteiger partial charge in [-0.2, -0.15) is 0 Å². The second-order valence-electron chi connectivity index (χ2n) is 5.95. The van der Waals surface area contributed by atoms with Crippen molar-refractivity contribution in [1.82, 2.24) is 5.32 Å². The highest BCUT2D eigenvalue weighted by Crippen LogP contribution is 2.32. The van der Waals surface area contributed by atoms with Crippen LogP contribution in [0.5, 0.6) is 0 Å². The fourth-order valence-corrected chi connectivity index (χ4v) is 4.44. The Hall–Kier alpha value is -0.900. The molecule has 0 radical (unpaired) electrons. The average Bonchev–Trinajstić information content (AvgIpc) is 2.68. The van der Waals surface area contributed by atoms with E-state index in [0.717, 1.165) is 13.2 Å². The first-order valence-electron chi connectivity index (χ1n) is 8.14. The molecule has 0 bridgehead atoms. The summed E-state index contributed by atoms with van der Waals surface area (Å²) in [4.78, 5) is 1.42. The fourth-order valence-electron chi connectivity index (χ4n) is 3.22. The molecule has 1 heterocycles. The first-order valence-corrected chi connectivity index (χ1v) is 8.95. The molecular weight excluding hydrogens is 278 g/mol. The van der Waals surface area contributed by atoms with E-state index in [-0.39, 0.29) is 0 Å². The molecule has 0 atom stereocenters. The minimum absolute atomic E-state index is 0.466. The van der Waals surface area contributed by atoms with E-state index >= 15 is 0 Å². The van der Waals surface area contributed by atoms with Crippen molar-refractivity contribution in [2.24, 2.45) is 0 Å². The van der Waals surface area contributed by atoms with Gasteiger partial charge in [-0.05, 0) is 31.3 Å². The fraction of sp³-hybridized carbons (Fsp3) is 0.556. The summed E-state index contributed by atoms with van der Waals surface area (Å²) in [5, 5.41) is 4.66. The molecule has 0 amide bonds. The summed E-state index contributed by atoms with van der Waals surface area (Å²) in [5.41, 5.74) is 1.40. The summed E-state index contributed by atoms with van der Waals surface area (Å²) in [7, 11) is 2.01. The van der Waals surface area contributed by atoms with Crippen molar-refractivity contribution >= 4 is 21.4 Å². The Morgan fingerprint density at radius 1 is 1.14 bits per heavy atom. The molecule has 21 heavy (non-hydrogen) atoms. The molecule has 1 aromatic heterocycles. The first kappa shape index (κ1) is 15.0. The quantitative estimate of drug-likeness (QED) is 0.796. The third-order valence-electron chi connectivity index (χ3n) is 4.38. The second-order valence-corrected chi connectivity index (χ2v) is 7.09. The van der Waals surface area contributed by atoms with E-state index in [2.05, 4.69) is 29.6 Å². The maximum atomic E-state index is 6.28. The molecule has 1 N–H and O–H groups in total. The molecule has 0 aliphatic heterocycles. The van der Waals surface area contributed by atoms with Gasteiger partial charge < -0.3 is 10.1 Å². The molecule has 1 fully saturated rings. The molecule has 114 valence electrons. The number of hydrogen-bond acceptors (Lipinski definition) is 3. The van der Waals surface area contributed by atoms with E-state index in [1.54, 1.807) is 0 Å². The Morgan fingerprint density at radius 2 is 1.90 bits per heavy atom. The third kappa shape index (κ3) is 3.65. The minimum Gasteiger partial charge on any atom is -0.373 e. The van der Waals surface area contributed by atoms with E-state index < -0.39 is 0 Å². The van der Waals surface area contributed by atoms with Crippen molar-refractivity contribution in [3.8, 4) is 0 Å². The van der Waals surface area contributed by atoms with Crippen LogP contribution in [0.4, 0.5) is 0 Å². The van der Waals surface area contributed by atoms with Gasteiger partial charge in [-0.3, -0.25) is 0 Å². The minimum atomic E-state index is 0.466. The zero-order valence-electron chi connectivity index (χ0n) is 12.9. The SMILES string of the molecule is CNCc1sc2ccccc2c1COC1CCCCCC1. The zero-order valence-corrected chi connectivity index (χ0v) is 13.7. The van der Waals surface area contributed by atoms with Crippen LogP contribution in [0.1, 0.15) is 49.0 Å². The molecule has 2 aromatic rings. The number of benzene rings is 1. The van der Waals surface area contributed by atoms with Gasteiger partial charge in [0.2, 0.25) is 0 Å². The van der Waals surface area contributed by atoms with Crippen molar-refractivity contribution < 1.29 is 4.74 Å². The smallest absolute Gasteiger partial charge is 0.0738 e. The lowest BCUT2D eigenvalue weighted by Gasteiger charge is -2.16. The number of ether oxygens (including phenoxy) is 1. The lowest BCUT2D eigenvalue weighted by Crippen LogP contribution is -2.13. The highest BCUT2D eigenvalue weighted by atomic mass is 32.1. The number of rotatable bonds is 5. The molecule has 1 saturated carbocycles. The van der Waals surface area contributed by atoms with Crippen molar-refractivity contribution in [2.75, 3.05) is 7.05 Å². The van der Waals surface area contributed by atoms with Crippen molar-refractivity contribution in [3.63, 3.8) is 0 Å². The second kappa shape index (κ2) is 7.39. The summed E-state index contributed by atoms with van der Waals surface area (Å²) in [6, 6.07) is 8.70. The average molecular weight is 303 g/mol. The number of nitrogens with one attached hydrogen (secondary N) is 1. The van der Waals surface area contributed by atoms with Crippen molar-refractivity contribution in [2.45, 2.75) is 57.8 Å². The topological polar surface area (TPSA) is 21.3 Å². The summed E-state index contributed by atoms with van der Waals surface area (Å²) in [6.07, 6.45) is 8.37. The maximum Gasteiger partial charge on any atom is 0.0738 e. The van der Waals surface area contributed by atoms with Crippen molar-refractivity contribution in [3.05, 3.63) is 34.7 Å². The van der Waals surface area contributed by atoms with Crippen LogP contribution in [0.3, 0.4) is 0 Å². The van der Waals surface area contributed by atoms with Crippen LogP contribution < -0.4 is 5.32 Å². The Kier molecular flexibility index (Phi) is 5.28. The van der Waals surface area contributed by atoms with Gasteiger partial charge in [0.15, 0.2) is 0 Å². The highest BCUT2D eigenvalue weighted by Gasteiger charge is 2.16. The van der Waals surface area contributed by atoms with Gasteiger partial charge in [0, 0.05) is 21.7 Å². The van der Waals surface area contributed by atoms with Gasteiger partial charge in [-0.25, -0.2) is 0 Å². The molecule has 1 aliphatic rings. The normalized spacial score (nSPS) is 17.2. The predicted molar refractivity (Wildman–Crippen MR) is 90.9 cm³/mol. The van der Waals surface area contributed by atoms with Crippen LogP contribution >= 0.6 is 11.3 Å². The van der Waals surface area contributed by atoms with E-state index in [1.807, 2.05) is 18.4 Å². The molecule has 0 unspecified atom stereocenters. The Morgan fingerprint density at radius 3 is 2.67 bits per heavy atom. The van der Waals surface area contributed by atoms with Crippen LogP contribution in [-0.4, -0.2) is 13.2 Å². The largest absolute Gasteiger partial charge is 0.373 e. The van der Waals surface area contributed by atoms with Crippen molar-refractivity contribution in [1.29, 1.82) is 0 Å². The predicted octanol–water partition coefficient (Wildman–Crippen LogP) is 4.86. The van der Waals surface area contributed by atoms with E-state index in [4.69, 9.17) is 4.74 Å². The standard InChI is InChI=1S/C18H25NOS/c1-19-12-18-16(15-10-6-7-11-17(15)21-18)13-20-14-8-4-2-3-5-9-14/h6-7,10-11,14,19H,2-5,8-9,12-13H2,1H3. The molecule has 1 aliphatic carbocycles. The molecule has 2 nitrogen and oxygen atoms in total. The number of thiophene rings is 1. The summed E-state index contributed by atoms with van der Waals surface area (Å²) < 4.78 is 7.66. The third-order valence-corrected chi connectivity index (χ3v) is 5.60. The van der Waals surface area contributed by atoms with Crippen LogP contribution in [0.2, 0.25) is 0 Å². The summed E-state index contributed by atoms with van der Waals surface area (Å²) >= 11 is 1.90. The number of fused-ring (bicyclic) bond motifs is 1. The first-order chi connectivity index (χ1) is 10.4. The van der Waals surface area contributed by atoms with E-state index in [9.17, 15) is 0 Å². The van der Waals surface area contributed by atoms with Gasteiger partial charge in [0.05, 0.1) is 12.7 Å². The van der Waals surface area contributed by atoms with E-state index in [0.29, 0.717) is 6.10 Å². The molecule has 0 spiro atoms. The lowest BCUT2D eigenvalue weighted by molar-refractivity contribution is 0.0314.